The molecule has 0 aliphatic heterocycles. The summed E-state index contributed by atoms with van der Waals surface area (Å²) >= 11 is 1.22. The quantitative estimate of drug-likeness (QED) is 0.776. The molecule has 1 amide bonds. The zero-order valence-corrected chi connectivity index (χ0v) is 13.0. The van der Waals surface area contributed by atoms with E-state index in [9.17, 15) is 22.8 Å². The Morgan fingerprint density at radius 3 is 2.67 bits per heavy atom. The van der Waals surface area contributed by atoms with Gasteiger partial charge in [0.2, 0.25) is 11.7 Å². The van der Waals surface area contributed by atoms with Gasteiger partial charge < -0.3 is 5.32 Å². The van der Waals surface area contributed by atoms with Crippen molar-refractivity contribution < 1.29 is 18.0 Å². The molecule has 24 heavy (non-hydrogen) atoms. The van der Waals surface area contributed by atoms with Gasteiger partial charge in [-0.2, -0.15) is 13.2 Å². The minimum atomic E-state index is -4.78. The summed E-state index contributed by atoms with van der Waals surface area (Å²) < 4.78 is 39.8. The number of hydrogen-bond donors (Lipinski definition) is 1. The number of carbonyl (C=O) groups is 1. The van der Waals surface area contributed by atoms with E-state index in [-0.39, 0.29) is 0 Å². The Kier molecular flexibility index (Phi) is 3.87. The largest absolute Gasteiger partial charge is 0.451 e. The summed E-state index contributed by atoms with van der Waals surface area (Å²) in [5.41, 5.74) is -0.339. The van der Waals surface area contributed by atoms with Crippen LogP contribution in [0.4, 0.5) is 18.3 Å². The van der Waals surface area contributed by atoms with E-state index in [4.69, 9.17) is 0 Å². The summed E-state index contributed by atoms with van der Waals surface area (Å²) in [7, 11) is 0.945. The van der Waals surface area contributed by atoms with Crippen LogP contribution in [0.2, 0.25) is 0 Å². The molecule has 3 rings (SSSR count). The van der Waals surface area contributed by atoms with Crippen molar-refractivity contribution in [1.29, 1.82) is 0 Å². The van der Waals surface area contributed by atoms with Crippen molar-refractivity contribution in [2.24, 2.45) is 7.05 Å². The van der Waals surface area contributed by atoms with Gasteiger partial charge in [-0.15, -0.1) is 5.10 Å². The van der Waals surface area contributed by atoms with Crippen LogP contribution in [0, 0.1) is 0 Å². The average Bonchev–Trinajstić information content (AvgIpc) is 3.02. The van der Waals surface area contributed by atoms with Crippen molar-refractivity contribution in [3.05, 3.63) is 40.6 Å². The van der Waals surface area contributed by atoms with E-state index in [0.29, 0.717) is 19.9 Å². The number of halogens is 3. The maximum atomic E-state index is 12.7. The lowest BCUT2D eigenvalue weighted by atomic mass is 10.3. The molecule has 0 saturated heterocycles. The van der Waals surface area contributed by atoms with Crippen LogP contribution in [0.3, 0.4) is 0 Å². The number of rotatable bonds is 3. The topological polar surface area (TPSA) is 81.8 Å². The van der Waals surface area contributed by atoms with Crippen LogP contribution in [0.5, 0.6) is 0 Å². The summed E-state index contributed by atoms with van der Waals surface area (Å²) in [4.78, 5) is 27.9. The van der Waals surface area contributed by atoms with Crippen LogP contribution < -0.4 is 11.0 Å². The highest BCUT2D eigenvalue weighted by atomic mass is 32.1. The Labute approximate surface area is 136 Å². The highest BCUT2D eigenvalue weighted by Crippen LogP contribution is 2.26. The molecule has 0 spiro atoms. The molecule has 0 saturated carbocycles. The lowest BCUT2D eigenvalue weighted by molar-refractivity contribution is -0.147. The average molecular weight is 357 g/mol. The predicted molar refractivity (Wildman–Crippen MR) is 80.7 cm³/mol. The number of fused-ring (bicyclic) bond motifs is 1. The number of nitrogens with zero attached hydrogens (tertiary/aromatic N) is 4. The van der Waals surface area contributed by atoms with Crippen molar-refractivity contribution in [1.82, 2.24) is 19.3 Å². The zero-order chi connectivity index (χ0) is 17.5. The normalized spacial score (nSPS) is 11.8. The van der Waals surface area contributed by atoms with Gasteiger partial charge >= 0.3 is 11.9 Å². The molecule has 0 fully saturated rings. The number of benzene rings is 1. The fraction of sp³-hybridized carbons (Fsp3) is 0.231. The first kappa shape index (κ1) is 16.2. The summed E-state index contributed by atoms with van der Waals surface area (Å²) in [6, 6.07) is 7.19. The SMILES string of the molecule is Cn1c(C(F)(F)F)nn(CC(=O)Nc2nc3ccccc3s2)c1=O. The number of alkyl halides is 3. The van der Waals surface area contributed by atoms with Crippen molar-refractivity contribution in [3.8, 4) is 0 Å². The number of thiazole rings is 1. The van der Waals surface area contributed by atoms with Gasteiger partial charge in [-0.1, -0.05) is 23.5 Å². The van der Waals surface area contributed by atoms with Gasteiger partial charge in [-0.05, 0) is 12.1 Å². The molecule has 2 heterocycles. The molecule has 126 valence electrons. The van der Waals surface area contributed by atoms with Crippen LogP contribution in [0.15, 0.2) is 29.1 Å². The summed E-state index contributed by atoms with van der Waals surface area (Å²) in [5.74, 6) is -2.05. The molecule has 2 aromatic heterocycles. The third-order valence-electron chi connectivity index (χ3n) is 3.13. The van der Waals surface area contributed by atoms with Gasteiger partial charge in [0.15, 0.2) is 5.13 Å². The second kappa shape index (κ2) is 5.74. The molecule has 0 bridgehead atoms. The monoisotopic (exact) mass is 357 g/mol. The van der Waals surface area contributed by atoms with E-state index in [1.165, 1.54) is 11.3 Å². The molecule has 0 radical (unpaired) electrons. The standard InChI is InChI=1S/C13H10F3N5O2S/c1-20-10(13(14,15)16)19-21(12(20)23)6-9(22)18-11-17-7-4-2-3-5-8(7)24-11/h2-5H,6H2,1H3,(H,17,18,22). The summed E-state index contributed by atoms with van der Waals surface area (Å²) in [5, 5.41) is 5.91. The lowest BCUT2D eigenvalue weighted by Gasteiger charge is -2.02. The fourth-order valence-corrected chi connectivity index (χ4v) is 2.94. The number of carbonyl (C=O) groups excluding carboxylic acids is 1. The fourth-order valence-electron chi connectivity index (χ4n) is 2.06. The molecule has 3 aromatic rings. The van der Waals surface area contributed by atoms with Crippen molar-refractivity contribution in [2.75, 3.05) is 5.32 Å². The van der Waals surface area contributed by atoms with E-state index >= 15 is 0 Å². The van der Waals surface area contributed by atoms with Gasteiger partial charge in [0.05, 0.1) is 10.2 Å². The number of anilines is 1. The van der Waals surface area contributed by atoms with E-state index in [0.717, 1.165) is 11.7 Å². The van der Waals surface area contributed by atoms with Gasteiger partial charge in [-0.25, -0.2) is 14.5 Å². The molecule has 0 atom stereocenters. The first-order valence-electron chi connectivity index (χ1n) is 6.62. The zero-order valence-electron chi connectivity index (χ0n) is 12.2. The van der Waals surface area contributed by atoms with Crippen molar-refractivity contribution >= 4 is 32.6 Å². The molecule has 7 nitrogen and oxygen atoms in total. The maximum absolute atomic E-state index is 12.7. The third kappa shape index (κ3) is 3.02. The smallest absolute Gasteiger partial charge is 0.300 e. The van der Waals surface area contributed by atoms with E-state index in [1.807, 2.05) is 12.1 Å². The molecular formula is C13H10F3N5O2S. The van der Waals surface area contributed by atoms with Crippen LogP contribution >= 0.6 is 11.3 Å². The van der Waals surface area contributed by atoms with Crippen LogP contribution in [0.25, 0.3) is 10.2 Å². The van der Waals surface area contributed by atoms with Gasteiger partial charge in [-0.3, -0.25) is 9.36 Å². The summed E-state index contributed by atoms with van der Waals surface area (Å²) in [6.07, 6.45) is -4.78. The number of para-hydroxylation sites is 1. The highest BCUT2D eigenvalue weighted by molar-refractivity contribution is 7.22. The van der Waals surface area contributed by atoms with E-state index < -0.39 is 30.1 Å². The number of amides is 1. The van der Waals surface area contributed by atoms with Crippen molar-refractivity contribution in [3.63, 3.8) is 0 Å². The molecule has 11 heteroatoms. The lowest BCUT2D eigenvalue weighted by Crippen LogP contribution is -2.29. The predicted octanol–water partition coefficient (Wildman–Crippen LogP) is 1.85. The Balaban J connectivity index is 1.79. The van der Waals surface area contributed by atoms with E-state index in [1.54, 1.807) is 12.1 Å². The second-order valence-electron chi connectivity index (χ2n) is 4.86. The first-order valence-corrected chi connectivity index (χ1v) is 7.44. The molecule has 1 aromatic carbocycles. The maximum Gasteiger partial charge on any atom is 0.451 e. The summed E-state index contributed by atoms with van der Waals surface area (Å²) in [6.45, 7) is -0.640. The molecular weight excluding hydrogens is 347 g/mol. The highest BCUT2D eigenvalue weighted by Gasteiger charge is 2.38. The van der Waals surface area contributed by atoms with Gasteiger partial charge in [0.25, 0.3) is 0 Å². The number of nitrogens with one attached hydrogen (secondary N) is 1. The Bertz CT molecular complexity index is 939. The minimum Gasteiger partial charge on any atom is -0.300 e. The molecule has 0 unspecified atom stereocenters. The number of aromatic nitrogens is 4. The Morgan fingerprint density at radius 2 is 2.04 bits per heavy atom. The van der Waals surface area contributed by atoms with Crippen LogP contribution in [-0.2, 0) is 24.6 Å². The van der Waals surface area contributed by atoms with E-state index in [2.05, 4.69) is 15.4 Å². The van der Waals surface area contributed by atoms with Crippen LogP contribution in [-0.4, -0.2) is 25.2 Å². The molecule has 0 aliphatic rings. The molecule has 0 aliphatic carbocycles. The third-order valence-corrected chi connectivity index (χ3v) is 4.08. The van der Waals surface area contributed by atoms with Crippen molar-refractivity contribution in [2.45, 2.75) is 12.7 Å². The van der Waals surface area contributed by atoms with Gasteiger partial charge in [0, 0.05) is 7.05 Å². The Hall–Kier alpha value is -2.69. The number of hydrogen-bond acceptors (Lipinski definition) is 5. The van der Waals surface area contributed by atoms with Crippen LogP contribution in [0.1, 0.15) is 5.82 Å². The first-order chi connectivity index (χ1) is 11.3. The molecule has 1 N–H and O–H groups in total. The van der Waals surface area contributed by atoms with Gasteiger partial charge in [0.1, 0.15) is 6.54 Å². The Morgan fingerprint density at radius 1 is 1.33 bits per heavy atom. The minimum absolute atomic E-state index is 0.293. The second-order valence-corrected chi connectivity index (χ2v) is 5.89.